The van der Waals surface area contributed by atoms with E-state index in [4.69, 9.17) is 14.2 Å². The van der Waals surface area contributed by atoms with Gasteiger partial charge in [0.05, 0.1) is 7.11 Å². The molecule has 0 aromatic heterocycles. The van der Waals surface area contributed by atoms with Crippen LogP contribution in [0.4, 0.5) is 5.69 Å². The van der Waals surface area contributed by atoms with Crippen LogP contribution in [0, 0.1) is 6.92 Å². The molecule has 0 spiro atoms. The van der Waals surface area contributed by atoms with Crippen LogP contribution in [0.3, 0.4) is 0 Å². The summed E-state index contributed by atoms with van der Waals surface area (Å²) in [6, 6.07) is 5.39. The average Bonchev–Trinajstić information content (AvgIpc) is 2.47. The summed E-state index contributed by atoms with van der Waals surface area (Å²) >= 11 is 0. The molecule has 0 bridgehead atoms. The van der Waals surface area contributed by atoms with Gasteiger partial charge in [-0.15, -0.1) is 0 Å². The van der Waals surface area contributed by atoms with Crippen molar-refractivity contribution in [2.24, 2.45) is 0 Å². The molecular weight excluding hydrogens is 298 g/mol. The summed E-state index contributed by atoms with van der Waals surface area (Å²) < 4.78 is 15.2. The first-order valence-electron chi connectivity index (χ1n) is 7.40. The summed E-state index contributed by atoms with van der Waals surface area (Å²) in [5, 5.41) is 2.88. The zero-order valence-corrected chi connectivity index (χ0v) is 14.4. The number of ether oxygens (including phenoxy) is 3. The Balaban J connectivity index is 0.00000127. The van der Waals surface area contributed by atoms with Crippen LogP contribution in [-0.4, -0.2) is 24.8 Å². The van der Waals surface area contributed by atoms with Gasteiger partial charge in [-0.25, -0.2) is 9.59 Å². The van der Waals surface area contributed by atoms with E-state index in [9.17, 15) is 9.59 Å². The summed E-state index contributed by atoms with van der Waals surface area (Å²) in [5.74, 6) is -1.91. The number of carbonyl (C=O) groups is 2. The molecule has 0 amide bonds. The monoisotopic (exact) mass is 321 g/mol. The Hall–Kier alpha value is -2.50. The Kier molecular flexibility index (Phi) is 6.18. The van der Waals surface area contributed by atoms with Crippen molar-refractivity contribution in [3.05, 3.63) is 35.5 Å². The van der Waals surface area contributed by atoms with E-state index >= 15 is 0 Å². The maximum atomic E-state index is 11.8. The van der Waals surface area contributed by atoms with E-state index in [0.29, 0.717) is 5.69 Å². The van der Waals surface area contributed by atoms with Crippen molar-refractivity contribution in [1.29, 1.82) is 0 Å². The topological polar surface area (TPSA) is 73.9 Å². The highest BCUT2D eigenvalue weighted by molar-refractivity contribution is 6.15. The Labute approximate surface area is 136 Å². The minimum Gasteiger partial charge on any atom is -0.496 e. The zero-order chi connectivity index (χ0) is 17.6. The third-order valence-corrected chi connectivity index (χ3v) is 2.89. The number of aryl methyl sites for hydroxylation is 1. The average molecular weight is 321 g/mol. The number of methoxy groups -OCH3 is 1. The van der Waals surface area contributed by atoms with Crippen molar-refractivity contribution in [1.82, 2.24) is 0 Å². The molecule has 1 N–H and O–H groups in total. The second-order valence-electron chi connectivity index (χ2n) is 5.07. The first-order valence-corrected chi connectivity index (χ1v) is 7.40. The molecule has 1 aromatic carbocycles. The maximum absolute atomic E-state index is 11.8. The van der Waals surface area contributed by atoms with Gasteiger partial charge in [0.1, 0.15) is 5.75 Å². The standard InChI is InChI=1S/C15H17NO5.C2H6/c1-9-7-10(5-6-12(9)19-4)16-8-11-13(17)20-15(2,3)21-14(11)18;1-2/h5-8,16H,1-4H3;1-2H3. The Morgan fingerprint density at radius 3 is 2.17 bits per heavy atom. The first kappa shape index (κ1) is 18.5. The van der Waals surface area contributed by atoms with E-state index in [1.54, 1.807) is 19.2 Å². The fourth-order valence-electron chi connectivity index (χ4n) is 1.90. The third-order valence-electron chi connectivity index (χ3n) is 2.89. The van der Waals surface area contributed by atoms with Gasteiger partial charge in [0.25, 0.3) is 5.79 Å². The molecule has 1 aliphatic heterocycles. The van der Waals surface area contributed by atoms with Crippen molar-refractivity contribution >= 4 is 17.6 Å². The number of hydrogen-bond donors (Lipinski definition) is 1. The van der Waals surface area contributed by atoms with Crippen molar-refractivity contribution in [2.75, 3.05) is 12.4 Å². The predicted molar refractivity (Wildman–Crippen MR) is 87.0 cm³/mol. The minimum absolute atomic E-state index is 0.178. The van der Waals surface area contributed by atoms with Crippen LogP contribution in [0.25, 0.3) is 0 Å². The Morgan fingerprint density at radius 1 is 1.13 bits per heavy atom. The van der Waals surface area contributed by atoms with Gasteiger partial charge in [-0.1, -0.05) is 13.8 Å². The van der Waals surface area contributed by atoms with E-state index in [1.165, 1.54) is 20.0 Å². The highest BCUT2D eigenvalue weighted by atomic mass is 16.7. The number of benzene rings is 1. The van der Waals surface area contributed by atoms with E-state index in [2.05, 4.69) is 5.32 Å². The van der Waals surface area contributed by atoms with Gasteiger partial charge < -0.3 is 19.5 Å². The van der Waals surface area contributed by atoms with Crippen LogP contribution in [0.15, 0.2) is 30.0 Å². The summed E-state index contributed by atoms with van der Waals surface area (Å²) in [7, 11) is 1.59. The highest BCUT2D eigenvalue weighted by Gasteiger charge is 2.38. The third kappa shape index (κ3) is 4.74. The van der Waals surface area contributed by atoms with Gasteiger partial charge in [0, 0.05) is 25.7 Å². The van der Waals surface area contributed by atoms with Crippen molar-refractivity contribution in [3.8, 4) is 5.75 Å². The van der Waals surface area contributed by atoms with Crippen molar-refractivity contribution in [2.45, 2.75) is 40.4 Å². The molecule has 0 saturated carbocycles. The number of nitrogens with one attached hydrogen (secondary N) is 1. The number of hydrogen-bond acceptors (Lipinski definition) is 6. The molecule has 1 heterocycles. The lowest BCUT2D eigenvalue weighted by atomic mass is 10.2. The molecule has 126 valence electrons. The summed E-state index contributed by atoms with van der Waals surface area (Å²) in [4.78, 5) is 23.5. The summed E-state index contributed by atoms with van der Waals surface area (Å²) in [6.07, 6.45) is 1.28. The fraction of sp³-hybridized carbons (Fsp3) is 0.412. The Morgan fingerprint density at radius 2 is 1.70 bits per heavy atom. The van der Waals surface area contributed by atoms with Gasteiger partial charge in [-0.05, 0) is 30.7 Å². The van der Waals surface area contributed by atoms with Crippen molar-refractivity contribution in [3.63, 3.8) is 0 Å². The van der Waals surface area contributed by atoms with E-state index in [0.717, 1.165) is 11.3 Å². The number of esters is 2. The lowest BCUT2D eigenvalue weighted by molar-refractivity contribution is -0.222. The quantitative estimate of drug-likeness (QED) is 0.524. The number of carbonyl (C=O) groups excluding carboxylic acids is 2. The van der Waals surface area contributed by atoms with Gasteiger partial charge in [-0.2, -0.15) is 0 Å². The van der Waals surface area contributed by atoms with Crippen LogP contribution in [0.1, 0.15) is 33.3 Å². The molecule has 6 nitrogen and oxygen atoms in total. The fourth-order valence-corrected chi connectivity index (χ4v) is 1.90. The molecule has 1 aliphatic rings. The smallest absolute Gasteiger partial charge is 0.350 e. The normalized spacial score (nSPS) is 15.7. The van der Waals surface area contributed by atoms with Crippen LogP contribution >= 0.6 is 0 Å². The van der Waals surface area contributed by atoms with Gasteiger partial charge >= 0.3 is 11.9 Å². The van der Waals surface area contributed by atoms with Crippen LogP contribution in [0.5, 0.6) is 5.75 Å². The second-order valence-corrected chi connectivity index (χ2v) is 5.07. The van der Waals surface area contributed by atoms with Crippen LogP contribution < -0.4 is 10.1 Å². The summed E-state index contributed by atoms with van der Waals surface area (Å²) in [6.45, 7) is 8.89. The molecule has 1 saturated heterocycles. The largest absolute Gasteiger partial charge is 0.496 e. The van der Waals surface area contributed by atoms with Crippen molar-refractivity contribution < 1.29 is 23.8 Å². The summed E-state index contributed by atoms with van der Waals surface area (Å²) in [5.41, 5.74) is 1.46. The molecule has 1 fully saturated rings. The van der Waals surface area contributed by atoms with E-state index in [1.807, 2.05) is 26.8 Å². The lowest BCUT2D eigenvalue weighted by Gasteiger charge is -2.29. The minimum atomic E-state index is -1.23. The zero-order valence-electron chi connectivity index (χ0n) is 14.4. The maximum Gasteiger partial charge on any atom is 0.350 e. The predicted octanol–water partition coefficient (Wildman–Crippen LogP) is 3.16. The molecule has 0 aliphatic carbocycles. The highest BCUT2D eigenvalue weighted by Crippen LogP contribution is 2.24. The molecular formula is C17H23NO5. The van der Waals surface area contributed by atoms with Gasteiger partial charge in [-0.3, -0.25) is 0 Å². The lowest BCUT2D eigenvalue weighted by Crippen LogP contribution is -2.42. The molecule has 0 radical (unpaired) electrons. The Bertz CT molecular complexity index is 597. The first-order chi connectivity index (χ1) is 10.8. The number of anilines is 1. The number of cyclic esters (lactones) is 2. The van der Waals surface area contributed by atoms with Crippen LogP contribution in [0.2, 0.25) is 0 Å². The molecule has 2 rings (SSSR count). The molecule has 1 aromatic rings. The van der Waals surface area contributed by atoms with Gasteiger partial charge in [0.15, 0.2) is 5.57 Å². The molecule has 0 unspecified atom stereocenters. The number of rotatable bonds is 3. The van der Waals surface area contributed by atoms with E-state index in [-0.39, 0.29) is 5.57 Å². The van der Waals surface area contributed by atoms with Gasteiger partial charge in [0.2, 0.25) is 0 Å². The van der Waals surface area contributed by atoms with E-state index < -0.39 is 17.7 Å². The molecule has 6 heteroatoms. The molecule has 0 atom stereocenters. The molecule has 23 heavy (non-hydrogen) atoms. The van der Waals surface area contributed by atoms with Crippen LogP contribution in [-0.2, 0) is 19.1 Å². The SMILES string of the molecule is CC.COc1ccc(NC=C2C(=O)OC(C)(C)OC2=O)cc1C. The second kappa shape index (κ2) is 7.67.